The molecule has 132 valence electrons. The summed E-state index contributed by atoms with van der Waals surface area (Å²) in [4.78, 5) is 28.8. The number of carbonyl (C=O) groups excluding carboxylic acids is 2. The van der Waals surface area contributed by atoms with E-state index in [2.05, 4.69) is 15.5 Å². The lowest BCUT2D eigenvalue weighted by Crippen LogP contribution is -2.44. The van der Waals surface area contributed by atoms with Gasteiger partial charge in [0.15, 0.2) is 0 Å². The second-order valence-electron chi connectivity index (χ2n) is 6.17. The Morgan fingerprint density at radius 1 is 1.28 bits per heavy atom. The van der Waals surface area contributed by atoms with Gasteiger partial charge in [-0.3, -0.25) is 9.59 Å². The molecule has 1 aromatic heterocycles. The largest absolute Gasteiger partial charge is 0.339 e. The van der Waals surface area contributed by atoms with E-state index in [1.165, 1.54) is 11.0 Å². The number of hydrogen-bond acceptors (Lipinski definition) is 5. The number of benzene rings is 1. The van der Waals surface area contributed by atoms with E-state index in [1.54, 1.807) is 4.90 Å². The molecule has 0 N–H and O–H groups in total. The van der Waals surface area contributed by atoms with E-state index < -0.39 is 0 Å². The molecule has 0 saturated carbocycles. The molecule has 1 aliphatic rings. The first-order valence-corrected chi connectivity index (χ1v) is 8.49. The van der Waals surface area contributed by atoms with E-state index in [9.17, 15) is 9.59 Å². The molecule has 0 bridgehead atoms. The van der Waals surface area contributed by atoms with Crippen molar-refractivity contribution in [2.75, 3.05) is 13.1 Å². The minimum Gasteiger partial charge on any atom is -0.339 e. The summed E-state index contributed by atoms with van der Waals surface area (Å²) >= 11 is 0. The van der Waals surface area contributed by atoms with Gasteiger partial charge in [-0.05, 0) is 22.4 Å². The van der Waals surface area contributed by atoms with Gasteiger partial charge in [0, 0.05) is 32.1 Å². The zero-order valence-electron chi connectivity index (χ0n) is 14.3. The second-order valence-corrected chi connectivity index (χ2v) is 6.17. The highest BCUT2D eigenvalue weighted by Gasteiger charge is 2.30. The van der Waals surface area contributed by atoms with E-state index in [0.29, 0.717) is 26.1 Å². The summed E-state index contributed by atoms with van der Waals surface area (Å²) in [5, 5.41) is 10.8. The van der Waals surface area contributed by atoms with Gasteiger partial charge in [0.25, 0.3) is 0 Å². The molecule has 2 heterocycles. The van der Waals surface area contributed by atoms with Crippen LogP contribution in [0.4, 0.5) is 0 Å². The predicted octanol–water partition coefficient (Wildman–Crippen LogP) is 0.713. The summed E-state index contributed by atoms with van der Waals surface area (Å²) in [6.45, 7) is 3.69. The molecule has 1 atom stereocenters. The maximum atomic E-state index is 12.6. The van der Waals surface area contributed by atoms with Gasteiger partial charge in [-0.2, -0.15) is 0 Å². The first-order valence-electron chi connectivity index (χ1n) is 8.49. The molecule has 8 heteroatoms. The van der Waals surface area contributed by atoms with Crippen molar-refractivity contribution in [3.8, 4) is 0 Å². The quantitative estimate of drug-likeness (QED) is 0.799. The predicted molar refractivity (Wildman–Crippen MR) is 90.1 cm³/mol. The Bertz CT molecular complexity index is 703. The van der Waals surface area contributed by atoms with E-state index in [-0.39, 0.29) is 24.4 Å². The number of nitrogens with zero attached hydrogens (tertiary/aromatic N) is 6. The molecule has 1 aliphatic heterocycles. The standard InChI is InChI=1S/C17H22N6O2/c1-2-15-11-21(17(25)12-22-13-18-19-20-22)9-8-16(24)23(15)10-14-6-4-3-5-7-14/h3-7,13,15H,2,8-12H2,1H3. The number of tetrazole rings is 1. The fraction of sp³-hybridized carbons (Fsp3) is 0.471. The van der Waals surface area contributed by atoms with Crippen LogP contribution in [0.5, 0.6) is 0 Å². The van der Waals surface area contributed by atoms with Crippen LogP contribution in [0.25, 0.3) is 0 Å². The molecule has 8 nitrogen and oxygen atoms in total. The molecule has 0 spiro atoms. The topological polar surface area (TPSA) is 84.2 Å². The molecule has 1 saturated heterocycles. The van der Waals surface area contributed by atoms with E-state index in [0.717, 1.165) is 12.0 Å². The van der Waals surface area contributed by atoms with Crippen molar-refractivity contribution in [3.05, 3.63) is 42.2 Å². The van der Waals surface area contributed by atoms with Crippen molar-refractivity contribution in [2.24, 2.45) is 0 Å². The molecule has 2 amide bonds. The van der Waals surface area contributed by atoms with Crippen LogP contribution in [0.2, 0.25) is 0 Å². The summed E-state index contributed by atoms with van der Waals surface area (Å²) in [6.07, 6.45) is 2.55. The minimum absolute atomic E-state index is 0.00743. The van der Waals surface area contributed by atoms with Gasteiger partial charge in [-0.1, -0.05) is 37.3 Å². The number of rotatable bonds is 5. The highest BCUT2D eigenvalue weighted by Crippen LogP contribution is 2.18. The Morgan fingerprint density at radius 2 is 2.08 bits per heavy atom. The maximum Gasteiger partial charge on any atom is 0.244 e. The van der Waals surface area contributed by atoms with Crippen LogP contribution in [0.3, 0.4) is 0 Å². The number of aromatic nitrogens is 4. The lowest BCUT2D eigenvalue weighted by molar-refractivity contribution is -0.133. The Kier molecular flexibility index (Phi) is 5.37. The smallest absolute Gasteiger partial charge is 0.244 e. The molecule has 0 radical (unpaired) electrons. The third-order valence-corrected chi connectivity index (χ3v) is 4.50. The van der Waals surface area contributed by atoms with Crippen molar-refractivity contribution in [3.63, 3.8) is 0 Å². The van der Waals surface area contributed by atoms with Crippen molar-refractivity contribution in [1.82, 2.24) is 30.0 Å². The van der Waals surface area contributed by atoms with Crippen molar-refractivity contribution in [1.29, 1.82) is 0 Å². The molecule has 2 aromatic rings. The molecule has 1 aromatic carbocycles. The molecular formula is C17H22N6O2. The van der Waals surface area contributed by atoms with Crippen molar-refractivity contribution >= 4 is 11.8 Å². The lowest BCUT2D eigenvalue weighted by Gasteiger charge is -2.31. The summed E-state index contributed by atoms with van der Waals surface area (Å²) in [5.41, 5.74) is 1.10. The third-order valence-electron chi connectivity index (χ3n) is 4.50. The average Bonchev–Trinajstić information content (AvgIpc) is 3.08. The van der Waals surface area contributed by atoms with Crippen molar-refractivity contribution < 1.29 is 9.59 Å². The Morgan fingerprint density at radius 3 is 2.76 bits per heavy atom. The van der Waals surface area contributed by atoms with Crippen LogP contribution in [0.15, 0.2) is 36.7 Å². The number of hydrogen-bond donors (Lipinski definition) is 0. The van der Waals surface area contributed by atoms with Crippen LogP contribution >= 0.6 is 0 Å². The van der Waals surface area contributed by atoms with Crippen LogP contribution in [-0.4, -0.2) is 61.0 Å². The van der Waals surface area contributed by atoms with Gasteiger partial charge < -0.3 is 9.80 Å². The van der Waals surface area contributed by atoms with Crippen LogP contribution in [0, 0.1) is 0 Å². The lowest BCUT2D eigenvalue weighted by atomic mass is 10.1. The van der Waals surface area contributed by atoms with E-state index in [4.69, 9.17) is 0 Å². The molecule has 0 aliphatic carbocycles. The van der Waals surface area contributed by atoms with Gasteiger partial charge >= 0.3 is 0 Å². The fourth-order valence-electron chi connectivity index (χ4n) is 3.09. The molecular weight excluding hydrogens is 320 g/mol. The zero-order valence-corrected chi connectivity index (χ0v) is 14.3. The molecule has 25 heavy (non-hydrogen) atoms. The molecule has 1 fully saturated rings. The fourth-order valence-corrected chi connectivity index (χ4v) is 3.09. The molecule has 3 rings (SSSR count). The van der Waals surface area contributed by atoms with E-state index >= 15 is 0 Å². The number of amides is 2. The third kappa shape index (κ3) is 4.20. The molecule has 1 unspecified atom stereocenters. The van der Waals surface area contributed by atoms with Crippen LogP contribution in [-0.2, 0) is 22.7 Å². The SMILES string of the molecule is CCC1CN(C(=O)Cn2cnnn2)CCC(=O)N1Cc1ccccc1. The Hall–Kier alpha value is -2.77. The van der Waals surface area contributed by atoms with Gasteiger partial charge in [0.1, 0.15) is 12.9 Å². The minimum atomic E-state index is -0.0693. The van der Waals surface area contributed by atoms with Gasteiger partial charge in [0.05, 0.1) is 0 Å². The summed E-state index contributed by atoms with van der Waals surface area (Å²) in [7, 11) is 0. The summed E-state index contributed by atoms with van der Waals surface area (Å²) < 4.78 is 1.40. The first kappa shape index (κ1) is 17.1. The summed E-state index contributed by atoms with van der Waals surface area (Å²) in [5.74, 6) is 0.0218. The van der Waals surface area contributed by atoms with Crippen LogP contribution < -0.4 is 0 Å². The Labute approximate surface area is 146 Å². The van der Waals surface area contributed by atoms with Crippen LogP contribution in [0.1, 0.15) is 25.3 Å². The maximum absolute atomic E-state index is 12.6. The average molecular weight is 342 g/mol. The number of carbonyl (C=O) groups is 2. The highest BCUT2D eigenvalue weighted by molar-refractivity contribution is 5.80. The second kappa shape index (κ2) is 7.87. The highest BCUT2D eigenvalue weighted by atomic mass is 16.2. The summed E-state index contributed by atoms with van der Waals surface area (Å²) in [6, 6.07) is 9.95. The van der Waals surface area contributed by atoms with Crippen molar-refractivity contribution in [2.45, 2.75) is 38.9 Å². The first-order chi connectivity index (χ1) is 12.2. The van der Waals surface area contributed by atoms with Gasteiger partial charge in [0.2, 0.25) is 11.8 Å². The normalized spacial score (nSPS) is 18.3. The zero-order chi connectivity index (χ0) is 17.6. The van der Waals surface area contributed by atoms with E-state index in [1.807, 2.05) is 42.2 Å². The van der Waals surface area contributed by atoms with Gasteiger partial charge in [-0.15, -0.1) is 5.10 Å². The Balaban J connectivity index is 1.70. The van der Waals surface area contributed by atoms with Gasteiger partial charge in [-0.25, -0.2) is 4.68 Å². The monoisotopic (exact) mass is 342 g/mol.